The van der Waals surface area contributed by atoms with Gasteiger partial charge in [0, 0.05) is 58.4 Å². The molecule has 0 spiro atoms. The van der Waals surface area contributed by atoms with E-state index in [2.05, 4.69) is 48.3 Å². The number of aliphatic hydroxyl groups is 3. The molecular formula is C43H62F3N7O6. The molecular weight excluding hydrogens is 768 g/mol. The lowest BCUT2D eigenvalue weighted by Gasteiger charge is -2.53. The first-order valence-corrected chi connectivity index (χ1v) is 21.8. The molecule has 2 saturated carbocycles. The number of phenolic OH excluding ortho intramolecular Hbond substituents is 1. The topological polar surface area (TPSA) is 167 Å². The van der Waals surface area contributed by atoms with Crippen molar-refractivity contribution in [1.82, 2.24) is 30.0 Å². The van der Waals surface area contributed by atoms with E-state index in [1.165, 1.54) is 11.1 Å². The summed E-state index contributed by atoms with van der Waals surface area (Å²) in [6.45, 7) is 8.69. The van der Waals surface area contributed by atoms with Crippen LogP contribution in [0.3, 0.4) is 0 Å². The smallest absolute Gasteiger partial charge is 0.434 e. The summed E-state index contributed by atoms with van der Waals surface area (Å²) >= 11 is 0. The van der Waals surface area contributed by atoms with Crippen LogP contribution in [0.5, 0.6) is 5.75 Å². The van der Waals surface area contributed by atoms with Crippen LogP contribution in [0.25, 0.3) is 0 Å². The number of alkyl halides is 3. The van der Waals surface area contributed by atoms with Crippen LogP contribution in [0, 0.1) is 17.3 Å². The Bertz CT molecular complexity index is 1780. The molecule has 326 valence electrons. The molecule has 6 aliphatic rings. The number of nitrogens with one attached hydrogen (secondary N) is 2. The van der Waals surface area contributed by atoms with Crippen molar-refractivity contribution in [3.05, 3.63) is 47.4 Å². The molecule has 1 aromatic heterocycles. The molecule has 1 amide bonds. The summed E-state index contributed by atoms with van der Waals surface area (Å²) in [6, 6.07) is 5.49. The van der Waals surface area contributed by atoms with E-state index in [1.54, 1.807) is 0 Å². The van der Waals surface area contributed by atoms with Gasteiger partial charge in [0.25, 0.3) is 0 Å². The number of amides is 1. The molecule has 6 N–H and O–H groups in total. The lowest BCUT2D eigenvalue weighted by molar-refractivity contribution is -0.148. The number of hydrogen-bond donors (Lipinski definition) is 6. The van der Waals surface area contributed by atoms with Crippen molar-refractivity contribution < 1.29 is 43.1 Å². The first-order valence-electron chi connectivity index (χ1n) is 21.8. The molecule has 3 saturated heterocycles. The molecule has 1 aromatic carbocycles. The van der Waals surface area contributed by atoms with Crippen molar-refractivity contribution in [2.75, 3.05) is 70.8 Å². The van der Waals surface area contributed by atoms with E-state index in [0.29, 0.717) is 61.8 Å². The van der Waals surface area contributed by atoms with Crippen LogP contribution in [0.1, 0.15) is 87.4 Å². The summed E-state index contributed by atoms with van der Waals surface area (Å²) in [5.74, 6) is 1.81. The number of piperidine rings is 1. The van der Waals surface area contributed by atoms with E-state index >= 15 is 0 Å². The third kappa shape index (κ3) is 8.96. The van der Waals surface area contributed by atoms with E-state index in [1.807, 2.05) is 12.1 Å². The van der Waals surface area contributed by atoms with Crippen LogP contribution in [-0.2, 0) is 22.1 Å². The maximum Gasteiger partial charge on any atom is 0.434 e. The molecule has 5 fully saturated rings. The Morgan fingerprint density at radius 2 is 1.76 bits per heavy atom. The number of hydrogen-bond acceptors (Lipinski definition) is 12. The largest absolute Gasteiger partial charge is 0.508 e. The number of phenols is 1. The van der Waals surface area contributed by atoms with Gasteiger partial charge >= 0.3 is 6.18 Å². The quantitative estimate of drug-likeness (QED) is 0.183. The highest BCUT2D eigenvalue weighted by molar-refractivity contribution is 5.78. The van der Waals surface area contributed by atoms with Crippen LogP contribution in [-0.4, -0.2) is 153 Å². The standard InChI is InChI=1S/C43H62F3N7O6/c1-41-12-7-31-30-6-4-29(54)21-27(30)3-5-32(31)33(41)8-13-42(41,58)11-2-14-48-38(55)25-51-15-9-28(10-16-51)53-19-17-52(18-20-53)24-35-40(57)39(56)34(26-59-35)49-37-23-47-22-36(50-37)43(44,45)46/h4,6,21-23,28,31-35,39-40,54,56-58H,2-3,5,7-20,24-26H2,1H3,(H,48,55)(H,49,50)/t31-,32-,33+,34+,35-,39-,40+,41+,42+/m1/s1. The van der Waals surface area contributed by atoms with Crippen molar-refractivity contribution in [1.29, 1.82) is 0 Å². The zero-order valence-corrected chi connectivity index (χ0v) is 34.1. The van der Waals surface area contributed by atoms with Crippen molar-refractivity contribution in [3.63, 3.8) is 0 Å². The molecule has 0 radical (unpaired) electrons. The third-order valence-electron chi connectivity index (χ3n) is 15.3. The Labute approximate surface area is 344 Å². The molecule has 3 aliphatic carbocycles. The van der Waals surface area contributed by atoms with E-state index in [4.69, 9.17) is 4.74 Å². The summed E-state index contributed by atoms with van der Waals surface area (Å²) in [4.78, 5) is 27.1. The van der Waals surface area contributed by atoms with Gasteiger partial charge in [0.15, 0.2) is 5.69 Å². The highest BCUT2D eigenvalue weighted by atomic mass is 19.4. The molecule has 0 unspecified atom stereocenters. The molecule has 9 atom stereocenters. The number of carbonyl (C=O) groups is 1. The Morgan fingerprint density at radius 3 is 2.53 bits per heavy atom. The van der Waals surface area contributed by atoms with Gasteiger partial charge in [-0.1, -0.05) is 13.0 Å². The number of piperazine rings is 1. The second kappa shape index (κ2) is 17.3. The predicted molar refractivity (Wildman–Crippen MR) is 214 cm³/mol. The zero-order valence-electron chi connectivity index (χ0n) is 34.1. The average molecular weight is 830 g/mol. The molecule has 0 bridgehead atoms. The minimum Gasteiger partial charge on any atom is -0.508 e. The summed E-state index contributed by atoms with van der Waals surface area (Å²) in [7, 11) is 0. The first-order chi connectivity index (χ1) is 28.2. The van der Waals surface area contributed by atoms with E-state index in [0.717, 1.165) is 103 Å². The van der Waals surface area contributed by atoms with Gasteiger partial charge in [0.2, 0.25) is 5.91 Å². The molecule has 13 nitrogen and oxygen atoms in total. The van der Waals surface area contributed by atoms with E-state index in [-0.39, 0.29) is 23.7 Å². The fraction of sp³-hybridized carbons (Fsp3) is 0.744. The van der Waals surface area contributed by atoms with Gasteiger partial charge in [-0.05, 0) is 111 Å². The number of aromatic hydroxyl groups is 1. The Morgan fingerprint density at radius 1 is 0.983 bits per heavy atom. The first kappa shape index (κ1) is 42.6. The van der Waals surface area contributed by atoms with Crippen LogP contribution < -0.4 is 10.6 Å². The van der Waals surface area contributed by atoms with Gasteiger partial charge in [-0.25, -0.2) is 4.98 Å². The number of ether oxygens (including phenoxy) is 1. The minimum atomic E-state index is -4.65. The molecule has 59 heavy (non-hydrogen) atoms. The second-order valence-corrected chi connectivity index (χ2v) is 18.5. The van der Waals surface area contributed by atoms with Crippen molar-refractivity contribution >= 4 is 11.7 Å². The second-order valence-electron chi connectivity index (χ2n) is 18.5. The summed E-state index contributed by atoms with van der Waals surface area (Å²) < 4.78 is 45.0. The van der Waals surface area contributed by atoms with Crippen LogP contribution in [0.15, 0.2) is 30.6 Å². The molecule has 3 aliphatic heterocycles. The van der Waals surface area contributed by atoms with Gasteiger partial charge in [0.1, 0.15) is 23.8 Å². The normalized spacial score (nSPS) is 34.8. The number of aromatic nitrogens is 2. The number of halogens is 3. The zero-order chi connectivity index (χ0) is 41.5. The molecule has 2 aromatic rings. The lowest BCUT2D eigenvalue weighted by atomic mass is 9.53. The fourth-order valence-electron chi connectivity index (χ4n) is 11.9. The highest BCUT2D eigenvalue weighted by Crippen LogP contribution is 2.65. The number of rotatable bonds is 11. The summed E-state index contributed by atoms with van der Waals surface area (Å²) in [6.07, 6.45) is 3.49. The van der Waals surface area contributed by atoms with Gasteiger partial charge in [0.05, 0.1) is 43.3 Å². The Kier molecular flexibility index (Phi) is 12.5. The number of likely N-dealkylation sites (tertiary alicyclic amines) is 1. The Balaban J connectivity index is 0.710. The number of anilines is 1. The molecule has 4 heterocycles. The maximum absolute atomic E-state index is 13.1. The number of benzene rings is 1. The van der Waals surface area contributed by atoms with E-state index < -0.39 is 41.8 Å². The monoisotopic (exact) mass is 829 g/mol. The maximum atomic E-state index is 13.1. The summed E-state index contributed by atoms with van der Waals surface area (Å²) in [5.41, 5.74) is 0.729. The van der Waals surface area contributed by atoms with Gasteiger partial charge in [-0.2, -0.15) is 13.2 Å². The van der Waals surface area contributed by atoms with Crippen molar-refractivity contribution in [3.8, 4) is 5.75 Å². The van der Waals surface area contributed by atoms with Gasteiger partial charge in [-0.3, -0.25) is 24.5 Å². The molecule has 16 heteroatoms. The SMILES string of the molecule is C[C@]12CC[C@@H]3c4ccc(O)cc4CC[C@H]3[C@@H]1CC[C@@]2(O)CCCNC(=O)CN1CCC(N2CCN(C[C@H]3OC[C@H](Nc4cncc(C(F)(F)F)n4)[C@@H](O)[C@H]3O)CC2)CC1. The predicted octanol–water partition coefficient (Wildman–Crippen LogP) is 3.37. The van der Waals surface area contributed by atoms with E-state index in [9.17, 15) is 38.4 Å². The number of carbonyl (C=O) groups excluding carboxylic acids is 1. The minimum absolute atomic E-state index is 0.00754. The third-order valence-corrected chi connectivity index (χ3v) is 15.3. The fourth-order valence-corrected chi connectivity index (χ4v) is 11.9. The van der Waals surface area contributed by atoms with Crippen LogP contribution in [0.4, 0.5) is 19.0 Å². The summed E-state index contributed by atoms with van der Waals surface area (Å²) in [5, 5.41) is 49.6. The molecule has 8 rings (SSSR count). The number of aryl methyl sites for hydroxylation is 1. The van der Waals surface area contributed by atoms with Crippen LogP contribution >= 0.6 is 0 Å². The van der Waals surface area contributed by atoms with Crippen molar-refractivity contribution in [2.24, 2.45) is 17.3 Å². The lowest BCUT2D eigenvalue weighted by Crippen LogP contribution is -2.60. The number of fused-ring (bicyclic) bond motifs is 5. The Hall–Kier alpha value is -3.12. The average Bonchev–Trinajstić information content (AvgIpc) is 3.49. The van der Waals surface area contributed by atoms with Gasteiger partial charge < -0.3 is 35.8 Å². The number of nitrogens with zero attached hydrogens (tertiary/aromatic N) is 5. The van der Waals surface area contributed by atoms with Gasteiger partial charge in [-0.15, -0.1) is 0 Å². The number of aliphatic hydroxyl groups excluding tert-OH is 2. The van der Waals surface area contributed by atoms with Crippen LogP contribution in [0.2, 0.25) is 0 Å². The highest BCUT2D eigenvalue weighted by Gasteiger charge is 2.61. The van der Waals surface area contributed by atoms with Crippen molar-refractivity contribution in [2.45, 2.75) is 119 Å².